The highest BCUT2D eigenvalue weighted by molar-refractivity contribution is 5.85. The van der Waals surface area contributed by atoms with Crippen LogP contribution in [0.1, 0.15) is 10.4 Å². The molecule has 0 amide bonds. The molecule has 2 rings (SSSR count). The van der Waals surface area contributed by atoms with E-state index in [1.165, 1.54) is 13.2 Å². The number of aldehydes is 1. The molecule has 1 heterocycles. The third-order valence-electron chi connectivity index (χ3n) is 2.81. The summed E-state index contributed by atoms with van der Waals surface area (Å²) in [5.41, 5.74) is 0.862. The number of hydrogen-bond donors (Lipinski definition) is 1. The van der Waals surface area contributed by atoms with Crippen molar-refractivity contribution in [3.63, 3.8) is 0 Å². The van der Waals surface area contributed by atoms with E-state index in [2.05, 4.69) is 0 Å². The van der Waals surface area contributed by atoms with Gasteiger partial charge in [-0.25, -0.2) is 0 Å². The fourth-order valence-electron chi connectivity index (χ4n) is 1.87. The lowest BCUT2D eigenvalue weighted by atomic mass is 10.1. The van der Waals surface area contributed by atoms with Crippen molar-refractivity contribution in [1.29, 1.82) is 0 Å². The number of phenols is 1. The number of carbonyl (C=O) groups is 1. The van der Waals surface area contributed by atoms with E-state index in [1.807, 2.05) is 4.90 Å². The Morgan fingerprint density at radius 3 is 2.71 bits per heavy atom. The van der Waals surface area contributed by atoms with Gasteiger partial charge in [-0.3, -0.25) is 4.79 Å². The minimum absolute atomic E-state index is 0.00250. The Hall–Kier alpha value is -1.75. The number of hydrogen-bond acceptors (Lipinski definition) is 5. The third kappa shape index (κ3) is 2.34. The highest BCUT2D eigenvalue weighted by Gasteiger charge is 2.18. The van der Waals surface area contributed by atoms with Gasteiger partial charge in [0, 0.05) is 19.2 Å². The molecule has 1 aromatic carbocycles. The molecule has 0 radical (unpaired) electrons. The monoisotopic (exact) mass is 237 g/mol. The van der Waals surface area contributed by atoms with Crippen molar-refractivity contribution in [3.05, 3.63) is 17.7 Å². The van der Waals surface area contributed by atoms with Gasteiger partial charge in [0.05, 0.1) is 31.6 Å². The van der Waals surface area contributed by atoms with Crippen molar-refractivity contribution in [1.82, 2.24) is 0 Å². The number of benzene rings is 1. The first kappa shape index (κ1) is 11.7. The lowest BCUT2D eigenvalue weighted by molar-refractivity contribution is 0.112. The van der Waals surface area contributed by atoms with Crippen LogP contribution in [0.5, 0.6) is 11.5 Å². The van der Waals surface area contributed by atoms with E-state index in [0.29, 0.717) is 44.0 Å². The smallest absolute Gasteiger partial charge is 0.153 e. The fourth-order valence-corrected chi connectivity index (χ4v) is 1.87. The van der Waals surface area contributed by atoms with Crippen LogP contribution in [-0.4, -0.2) is 44.8 Å². The molecule has 1 N–H and O–H groups in total. The van der Waals surface area contributed by atoms with E-state index in [-0.39, 0.29) is 11.3 Å². The minimum Gasteiger partial charge on any atom is -0.505 e. The standard InChI is InChI=1S/C12H15NO4/c1-16-10-6-9(8-14)12(15)11(7-10)13-2-4-17-5-3-13/h6-8,15H,2-5H2,1H3. The Labute approximate surface area is 99.6 Å². The van der Waals surface area contributed by atoms with E-state index in [0.717, 1.165) is 0 Å². The summed E-state index contributed by atoms with van der Waals surface area (Å²) in [6.07, 6.45) is 0.627. The van der Waals surface area contributed by atoms with Gasteiger partial charge in [0.1, 0.15) is 11.5 Å². The van der Waals surface area contributed by atoms with Gasteiger partial charge in [-0.2, -0.15) is 0 Å². The lowest BCUT2D eigenvalue weighted by Crippen LogP contribution is -2.36. The average Bonchev–Trinajstić information content (AvgIpc) is 2.40. The number of ether oxygens (including phenoxy) is 2. The maximum atomic E-state index is 10.9. The van der Waals surface area contributed by atoms with E-state index >= 15 is 0 Å². The fraction of sp³-hybridized carbons (Fsp3) is 0.417. The largest absolute Gasteiger partial charge is 0.505 e. The second kappa shape index (κ2) is 5.05. The Kier molecular flexibility index (Phi) is 3.49. The summed E-state index contributed by atoms with van der Waals surface area (Å²) >= 11 is 0. The number of morpholine rings is 1. The van der Waals surface area contributed by atoms with Crippen molar-refractivity contribution < 1.29 is 19.4 Å². The average molecular weight is 237 g/mol. The molecule has 1 aliphatic rings. The summed E-state index contributed by atoms with van der Waals surface area (Å²) in [6.45, 7) is 2.62. The first-order valence-electron chi connectivity index (χ1n) is 5.45. The number of nitrogens with zero attached hydrogens (tertiary/aromatic N) is 1. The summed E-state index contributed by atoms with van der Waals surface area (Å²) in [6, 6.07) is 3.25. The second-order valence-corrected chi connectivity index (χ2v) is 3.80. The van der Waals surface area contributed by atoms with Crippen LogP contribution in [0, 0.1) is 0 Å². The van der Waals surface area contributed by atoms with Gasteiger partial charge in [0.2, 0.25) is 0 Å². The van der Waals surface area contributed by atoms with Gasteiger partial charge in [0.25, 0.3) is 0 Å². The first-order chi connectivity index (χ1) is 8.26. The molecule has 5 nitrogen and oxygen atoms in total. The van der Waals surface area contributed by atoms with Gasteiger partial charge in [0.15, 0.2) is 6.29 Å². The van der Waals surface area contributed by atoms with Gasteiger partial charge in [-0.1, -0.05) is 0 Å². The maximum absolute atomic E-state index is 10.9. The topological polar surface area (TPSA) is 59.0 Å². The maximum Gasteiger partial charge on any atom is 0.153 e. The number of aromatic hydroxyl groups is 1. The zero-order valence-electron chi connectivity index (χ0n) is 9.68. The Bertz CT molecular complexity index is 413. The van der Waals surface area contributed by atoms with Gasteiger partial charge in [-0.05, 0) is 6.07 Å². The summed E-state index contributed by atoms with van der Waals surface area (Å²) < 4.78 is 10.4. The molecule has 0 aromatic heterocycles. The number of carbonyl (C=O) groups excluding carboxylic acids is 1. The van der Waals surface area contributed by atoms with Crippen LogP contribution in [0.25, 0.3) is 0 Å². The van der Waals surface area contributed by atoms with Crippen molar-refractivity contribution in [2.45, 2.75) is 0 Å². The molecule has 0 unspecified atom stereocenters. The van der Waals surface area contributed by atoms with Crippen LogP contribution in [-0.2, 0) is 4.74 Å². The van der Waals surface area contributed by atoms with Crippen molar-refractivity contribution in [2.75, 3.05) is 38.3 Å². The van der Waals surface area contributed by atoms with E-state index < -0.39 is 0 Å². The van der Waals surface area contributed by atoms with Crippen molar-refractivity contribution in [3.8, 4) is 11.5 Å². The van der Waals surface area contributed by atoms with E-state index in [9.17, 15) is 9.90 Å². The van der Waals surface area contributed by atoms with E-state index in [1.54, 1.807) is 6.07 Å². The van der Waals surface area contributed by atoms with Crippen LogP contribution in [0.2, 0.25) is 0 Å². The Morgan fingerprint density at radius 2 is 2.12 bits per heavy atom. The van der Waals surface area contributed by atoms with Crippen LogP contribution in [0.3, 0.4) is 0 Å². The SMILES string of the molecule is COc1cc(C=O)c(O)c(N2CCOCC2)c1. The van der Waals surface area contributed by atoms with Crippen molar-refractivity contribution >= 4 is 12.0 Å². The number of rotatable bonds is 3. The second-order valence-electron chi connectivity index (χ2n) is 3.80. The minimum atomic E-state index is 0.00250. The zero-order valence-corrected chi connectivity index (χ0v) is 9.68. The molecule has 5 heteroatoms. The highest BCUT2D eigenvalue weighted by atomic mass is 16.5. The van der Waals surface area contributed by atoms with Crippen LogP contribution in [0.4, 0.5) is 5.69 Å². The molecule has 92 valence electrons. The molecular formula is C12H15NO4. The number of anilines is 1. The van der Waals surface area contributed by atoms with E-state index in [4.69, 9.17) is 9.47 Å². The molecule has 1 saturated heterocycles. The molecule has 0 atom stereocenters. The van der Waals surface area contributed by atoms with Crippen LogP contribution < -0.4 is 9.64 Å². The molecule has 17 heavy (non-hydrogen) atoms. The summed E-state index contributed by atoms with van der Waals surface area (Å²) in [4.78, 5) is 12.9. The van der Waals surface area contributed by atoms with Gasteiger partial charge >= 0.3 is 0 Å². The summed E-state index contributed by atoms with van der Waals surface area (Å²) in [5, 5.41) is 9.99. The molecular weight excluding hydrogens is 222 g/mol. The molecule has 0 saturated carbocycles. The number of methoxy groups -OCH3 is 1. The van der Waals surface area contributed by atoms with Crippen LogP contribution >= 0.6 is 0 Å². The molecule has 0 spiro atoms. The summed E-state index contributed by atoms with van der Waals surface area (Å²) in [5.74, 6) is 0.564. The molecule has 0 bridgehead atoms. The molecule has 0 aliphatic carbocycles. The predicted octanol–water partition coefficient (Wildman–Crippen LogP) is 1.05. The number of phenolic OH excluding ortho intramolecular Hbond substituents is 1. The zero-order chi connectivity index (χ0) is 12.3. The van der Waals surface area contributed by atoms with Crippen LogP contribution in [0.15, 0.2) is 12.1 Å². The molecule has 1 aliphatic heterocycles. The lowest BCUT2D eigenvalue weighted by Gasteiger charge is -2.29. The Morgan fingerprint density at radius 1 is 1.41 bits per heavy atom. The molecule has 1 aromatic rings. The van der Waals surface area contributed by atoms with Gasteiger partial charge < -0.3 is 19.5 Å². The highest BCUT2D eigenvalue weighted by Crippen LogP contribution is 2.34. The quantitative estimate of drug-likeness (QED) is 0.796. The predicted molar refractivity (Wildman–Crippen MR) is 63.1 cm³/mol. The normalized spacial score (nSPS) is 15.7. The van der Waals surface area contributed by atoms with Crippen molar-refractivity contribution in [2.24, 2.45) is 0 Å². The third-order valence-corrected chi connectivity index (χ3v) is 2.81. The van der Waals surface area contributed by atoms with Gasteiger partial charge in [-0.15, -0.1) is 0 Å². The molecule has 1 fully saturated rings. The first-order valence-corrected chi connectivity index (χ1v) is 5.45. The Balaban J connectivity index is 2.39. The summed E-state index contributed by atoms with van der Waals surface area (Å²) in [7, 11) is 1.53.